The van der Waals surface area contributed by atoms with Crippen LogP contribution < -0.4 is 5.32 Å². The SMILES string of the molecule is N#CC1(NC(=O)c2ccc(Cl)nc2)CCN(C(=O)O)CC1. The molecule has 0 aromatic carbocycles. The molecular weight excluding hydrogens is 296 g/mol. The molecule has 7 nitrogen and oxygen atoms in total. The number of nitriles is 1. The van der Waals surface area contributed by atoms with Crippen molar-refractivity contribution in [3.8, 4) is 6.07 Å². The Morgan fingerprint density at radius 1 is 1.43 bits per heavy atom. The van der Waals surface area contributed by atoms with Crippen molar-refractivity contribution in [2.45, 2.75) is 18.4 Å². The molecule has 0 bridgehead atoms. The van der Waals surface area contributed by atoms with Gasteiger partial charge in [0.15, 0.2) is 0 Å². The van der Waals surface area contributed by atoms with Gasteiger partial charge in [-0.15, -0.1) is 0 Å². The fourth-order valence-corrected chi connectivity index (χ4v) is 2.26. The summed E-state index contributed by atoms with van der Waals surface area (Å²) in [5.74, 6) is -0.426. The Labute approximate surface area is 126 Å². The van der Waals surface area contributed by atoms with Crippen LogP contribution in [0.25, 0.3) is 0 Å². The van der Waals surface area contributed by atoms with Gasteiger partial charge in [0.05, 0.1) is 11.6 Å². The second kappa shape index (κ2) is 5.97. The van der Waals surface area contributed by atoms with Crippen molar-refractivity contribution in [3.05, 3.63) is 29.0 Å². The van der Waals surface area contributed by atoms with E-state index in [9.17, 15) is 14.9 Å². The summed E-state index contributed by atoms with van der Waals surface area (Å²) < 4.78 is 0. The third-order valence-electron chi connectivity index (χ3n) is 3.44. The van der Waals surface area contributed by atoms with Gasteiger partial charge >= 0.3 is 6.09 Å². The van der Waals surface area contributed by atoms with E-state index in [-0.39, 0.29) is 31.1 Å². The van der Waals surface area contributed by atoms with Crippen LogP contribution in [0.3, 0.4) is 0 Å². The molecule has 2 rings (SSSR count). The topological polar surface area (TPSA) is 106 Å². The summed E-state index contributed by atoms with van der Waals surface area (Å²) in [4.78, 5) is 28.0. The van der Waals surface area contributed by atoms with Gasteiger partial charge in [0.1, 0.15) is 10.7 Å². The summed E-state index contributed by atoms with van der Waals surface area (Å²) in [6.07, 6.45) is 0.815. The van der Waals surface area contributed by atoms with E-state index in [0.717, 1.165) is 0 Å². The maximum absolute atomic E-state index is 12.1. The molecule has 1 fully saturated rings. The highest BCUT2D eigenvalue weighted by molar-refractivity contribution is 6.29. The first-order chi connectivity index (χ1) is 9.96. The molecule has 0 spiro atoms. The zero-order valence-corrected chi connectivity index (χ0v) is 11.8. The Kier molecular flexibility index (Phi) is 4.29. The number of carboxylic acid groups (broad SMARTS) is 1. The number of nitrogens with zero attached hydrogens (tertiary/aromatic N) is 3. The lowest BCUT2D eigenvalue weighted by atomic mass is 9.89. The van der Waals surface area contributed by atoms with Gasteiger partial charge in [0.25, 0.3) is 5.91 Å². The zero-order chi connectivity index (χ0) is 15.5. The maximum Gasteiger partial charge on any atom is 0.407 e. The van der Waals surface area contributed by atoms with Crippen LogP contribution in [0.2, 0.25) is 5.15 Å². The van der Waals surface area contributed by atoms with Crippen LogP contribution in [0.1, 0.15) is 23.2 Å². The van der Waals surface area contributed by atoms with E-state index in [4.69, 9.17) is 16.7 Å². The van der Waals surface area contributed by atoms with Gasteiger partial charge in [0, 0.05) is 32.1 Å². The second-order valence-electron chi connectivity index (χ2n) is 4.79. The van der Waals surface area contributed by atoms with Gasteiger partial charge in [-0.05, 0) is 12.1 Å². The van der Waals surface area contributed by atoms with Crippen molar-refractivity contribution in [2.24, 2.45) is 0 Å². The van der Waals surface area contributed by atoms with Gasteiger partial charge in [-0.25, -0.2) is 9.78 Å². The minimum atomic E-state index is -1.05. The highest BCUT2D eigenvalue weighted by Crippen LogP contribution is 2.22. The molecule has 0 radical (unpaired) electrons. The minimum absolute atomic E-state index is 0.210. The number of carbonyl (C=O) groups excluding carboxylic acids is 1. The highest BCUT2D eigenvalue weighted by atomic mass is 35.5. The zero-order valence-electron chi connectivity index (χ0n) is 11.0. The number of hydrogen-bond acceptors (Lipinski definition) is 4. The quantitative estimate of drug-likeness (QED) is 0.805. The molecule has 1 aliphatic heterocycles. The molecule has 1 saturated heterocycles. The third-order valence-corrected chi connectivity index (χ3v) is 3.67. The molecule has 8 heteroatoms. The molecular formula is C13H13ClN4O3. The van der Waals surface area contributed by atoms with E-state index in [0.29, 0.717) is 5.56 Å². The number of pyridine rings is 1. The van der Waals surface area contributed by atoms with E-state index in [1.54, 1.807) is 0 Å². The lowest BCUT2D eigenvalue weighted by molar-refractivity contribution is 0.0862. The van der Waals surface area contributed by atoms with Crippen molar-refractivity contribution in [2.75, 3.05) is 13.1 Å². The van der Waals surface area contributed by atoms with Crippen molar-refractivity contribution in [3.63, 3.8) is 0 Å². The Balaban J connectivity index is 2.06. The van der Waals surface area contributed by atoms with E-state index in [2.05, 4.69) is 16.4 Å². The van der Waals surface area contributed by atoms with E-state index < -0.39 is 17.5 Å². The summed E-state index contributed by atoms with van der Waals surface area (Å²) in [6.45, 7) is 0.421. The number of carbonyl (C=O) groups is 2. The summed E-state index contributed by atoms with van der Waals surface area (Å²) in [5.41, 5.74) is -0.752. The Morgan fingerprint density at radius 3 is 2.57 bits per heavy atom. The molecule has 1 aromatic heterocycles. The molecule has 2 heterocycles. The Hall–Kier alpha value is -2.33. The number of likely N-dealkylation sites (tertiary alicyclic amines) is 1. The van der Waals surface area contributed by atoms with Crippen molar-refractivity contribution in [1.29, 1.82) is 5.26 Å². The monoisotopic (exact) mass is 308 g/mol. The van der Waals surface area contributed by atoms with Gasteiger partial charge in [0.2, 0.25) is 0 Å². The number of amides is 2. The molecule has 1 aromatic rings. The lowest BCUT2D eigenvalue weighted by Crippen LogP contribution is -2.55. The molecule has 0 aliphatic carbocycles. The molecule has 0 unspecified atom stereocenters. The Bertz CT molecular complexity index is 588. The highest BCUT2D eigenvalue weighted by Gasteiger charge is 2.37. The predicted molar refractivity (Wildman–Crippen MR) is 73.9 cm³/mol. The summed E-state index contributed by atoms with van der Waals surface area (Å²) in [6, 6.07) is 5.10. The molecule has 21 heavy (non-hydrogen) atoms. The number of halogens is 1. The van der Waals surface area contributed by atoms with Crippen molar-refractivity contribution < 1.29 is 14.7 Å². The van der Waals surface area contributed by atoms with Crippen LogP contribution in [-0.2, 0) is 0 Å². The smallest absolute Gasteiger partial charge is 0.407 e. The van der Waals surface area contributed by atoms with E-state index >= 15 is 0 Å². The third kappa shape index (κ3) is 3.41. The minimum Gasteiger partial charge on any atom is -0.465 e. The molecule has 0 saturated carbocycles. The summed E-state index contributed by atoms with van der Waals surface area (Å²) in [7, 11) is 0. The van der Waals surface area contributed by atoms with E-state index in [1.807, 2.05) is 0 Å². The van der Waals surface area contributed by atoms with Gasteiger partial charge < -0.3 is 15.3 Å². The maximum atomic E-state index is 12.1. The number of rotatable bonds is 2. The molecule has 2 N–H and O–H groups in total. The van der Waals surface area contributed by atoms with Crippen LogP contribution >= 0.6 is 11.6 Å². The molecule has 110 valence electrons. The Morgan fingerprint density at radius 2 is 2.10 bits per heavy atom. The fourth-order valence-electron chi connectivity index (χ4n) is 2.14. The first-order valence-electron chi connectivity index (χ1n) is 6.29. The largest absolute Gasteiger partial charge is 0.465 e. The van der Waals surface area contributed by atoms with Crippen LogP contribution in [0.4, 0.5) is 4.79 Å². The first kappa shape index (κ1) is 15.1. The standard InChI is InChI=1S/C13H13ClN4O3/c14-10-2-1-9(7-16-10)11(19)17-13(8-15)3-5-18(6-4-13)12(20)21/h1-2,7H,3-6H2,(H,17,19)(H,20,21). The van der Waals surface area contributed by atoms with Gasteiger partial charge in [-0.3, -0.25) is 4.79 Å². The van der Waals surface area contributed by atoms with Crippen molar-refractivity contribution in [1.82, 2.24) is 15.2 Å². The number of hydrogen-bond donors (Lipinski definition) is 2. The summed E-state index contributed by atoms with van der Waals surface area (Å²) in [5, 5.41) is 21.2. The average molecular weight is 309 g/mol. The molecule has 2 amide bonds. The van der Waals surface area contributed by atoms with Crippen molar-refractivity contribution >= 4 is 23.6 Å². The van der Waals surface area contributed by atoms with Gasteiger partial charge in [-0.1, -0.05) is 11.6 Å². The molecule has 1 aliphatic rings. The normalized spacial score (nSPS) is 16.9. The second-order valence-corrected chi connectivity index (χ2v) is 5.17. The van der Waals surface area contributed by atoms with Crippen LogP contribution in [-0.4, -0.2) is 45.6 Å². The predicted octanol–water partition coefficient (Wildman–Crippen LogP) is 1.50. The number of nitrogens with one attached hydrogen (secondary N) is 1. The van der Waals surface area contributed by atoms with Crippen LogP contribution in [0.5, 0.6) is 0 Å². The first-order valence-corrected chi connectivity index (χ1v) is 6.67. The fraction of sp³-hybridized carbons (Fsp3) is 0.385. The summed E-state index contributed by atoms with van der Waals surface area (Å²) >= 11 is 5.65. The van der Waals surface area contributed by atoms with Crippen LogP contribution in [0, 0.1) is 11.3 Å². The lowest BCUT2D eigenvalue weighted by Gasteiger charge is -2.36. The molecule has 0 atom stereocenters. The van der Waals surface area contributed by atoms with E-state index in [1.165, 1.54) is 23.2 Å². The number of aromatic nitrogens is 1. The van der Waals surface area contributed by atoms with Gasteiger partial charge in [-0.2, -0.15) is 5.26 Å². The van der Waals surface area contributed by atoms with Crippen LogP contribution in [0.15, 0.2) is 18.3 Å². The number of piperidine rings is 1. The average Bonchev–Trinajstić information content (AvgIpc) is 2.48.